The van der Waals surface area contributed by atoms with E-state index >= 15 is 0 Å². The van der Waals surface area contributed by atoms with Crippen molar-refractivity contribution in [1.82, 2.24) is 0 Å². The maximum atomic E-state index is 10.4. The van der Waals surface area contributed by atoms with Crippen molar-refractivity contribution in [3.63, 3.8) is 0 Å². The van der Waals surface area contributed by atoms with Crippen molar-refractivity contribution in [2.75, 3.05) is 11.5 Å². The fourth-order valence-electron chi connectivity index (χ4n) is 2.08. The third-order valence-corrected chi connectivity index (χ3v) is 7.95. The van der Waals surface area contributed by atoms with Crippen molar-refractivity contribution in [2.24, 2.45) is 0 Å². The van der Waals surface area contributed by atoms with Crippen molar-refractivity contribution < 1.29 is 5.11 Å². The molecular formula is C12H17BrOS3. The van der Waals surface area contributed by atoms with E-state index in [4.69, 9.17) is 0 Å². The Hall–Kier alpha value is 0.840. The molecule has 0 aromatic carbocycles. The first-order valence-corrected chi connectivity index (χ1v) is 9.57. The summed E-state index contributed by atoms with van der Waals surface area (Å²) >= 11 is 9.18. The van der Waals surface area contributed by atoms with Gasteiger partial charge in [-0.05, 0) is 34.5 Å². The van der Waals surface area contributed by atoms with E-state index in [1.807, 2.05) is 23.5 Å². The lowest BCUT2D eigenvalue weighted by atomic mass is 10.1. The van der Waals surface area contributed by atoms with Gasteiger partial charge < -0.3 is 5.11 Å². The summed E-state index contributed by atoms with van der Waals surface area (Å²) in [6, 6.07) is 4.17. The van der Waals surface area contributed by atoms with Gasteiger partial charge >= 0.3 is 0 Å². The normalized spacial score (nSPS) is 27.0. The van der Waals surface area contributed by atoms with Crippen LogP contribution in [0.25, 0.3) is 0 Å². The van der Waals surface area contributed by atoms with E-state index in [0.717, 1.165) is 16.6 Å². The Morgan fingerprint density at radius 2 is 2.18 bits per heavy atom. The molecule has 96 valence electrons. The smallest absolute Gasteiger partial charge is 0.0717 e. The van der Waals surface area contributed by atoms with Crippen LogP contribution in [-0.2, 0) is 6.42 Å². The summed E-state index contributed by atoms with van der Waals surface area (Å²) in [5, 5.41) is 11.4. The average Bonchev–Trinajstić information content (AvgIpc) is 2.74. The van der Waals surface area contributed by atoms with Crippen molar-refractivity contribution in [2.45, 2.75) is 36.4 Å². The third-order valence-electron chi connectivity index (χ3n) is 2.91. The Kier molecular flexibility index (Phi) is 5.74. The SMILES string of the molecule is CCC1SCCSC1C(O)Cc1ccc(Br)s1. The van der Waals surface area contributed by atoms with E-state index in [0.29, 0.717) is 10.5 Å². The molecule has 2 rings (SSSR count). The van der Waals surface area contributed by atoms with Gasteiger partial charge in [0.2, 0.25) is 0 Å². The average molecular weight is 353 g/mol. The molecule has 1 aromatic heterocycles. The van der Waals surface area contributed by atoms with Gasteiger partial charge in [0.1, 0.15) is 0 Å². The molecule has 3 atom stereocenters. The molecule has 0 saturated carbocycles. The molecule has 0 radical (unpaired) electrons. The molecular weight excluding hydrogens is 336 g/mol. The van der Waals surface area contributed by atoms with Gasteiger partial charge in [-0.2, -0.15) is 23.5 Å². The van der Waals surface area contributed by atoms with Gasteiger partial charge in [-0.15, -0.1) is 11.3 Å². The second-order valence-corrected chi connectivity index (χ2v) is 9.31. The summed E-state index contributed by atoms with van der Waals surface area (Å²) in [4.78, 5) is 1.27. The Morgan fingerprint density at radius 1 is 1.41 bits per heavy atom. The largest absolute Gasteiger partial charge is 0.392 e. The minimum absolute atomic E-state index is 0.205. The van der Waals surface area contributed by atoms with Crippen LogP contribution in [0, 0.1) is 0 Å². The second-order valence-electron chi connectivity index (χ2n) is 4.13. The van der Waals surface area contributed by atoms with Crippen LogP contribution in [-0.4, -0.2) is 33.2 Å². The molecule has 1 aromatic rings. The predicted molar refractivity (Wildman–Crippen MR) is 84.5 cm³/mol. The molecule has 5 heteroatoms. The Bertz CT molecular complexity index is 355. The number of aliphatic hydroxyl groups is 1. The molecule has 1 aliphatic heterocycles. The molecule has 17 heavy (non-hydrogen) atoms. The van der Waals surface area contributed by atoms with E-state index in [-0.39, 0.29) is 6.10 Å². The molecule has 0 amide bonds. The molecule has 3 unspecified atom stereocenters. The highest BCUT2D eigenvalue weighted by Crippen LogP contribution is 2.36. The van der Waals surface area contributed by atoms with E-state index < -0.39 is 0 Å². The Morgan fingerprint density at radius 3 is 2.82 bits per heavy atom. The van der Waals surface area contributed by atoms with Gasteiger partial charge in [-0.3, -0.25) is 0 Å². The number of halogens is 1. The van der Waals surface area contributed by atoms with Crippen LogP contribution in [0.1, 0.15) is 18.2 Å². The van der Waals surface area contributed by atoms with Gasteiger partial charge in [0.25, 0.3) is 0 Å². The van der Waals surface area contributed by atoms with E-state index in [1.165, 1.54) is 16.4 Å². The number of thioether (sulfide) groups is 2. The minimum atomic E-state index is -0.205. The van der Waals surface area contributed by atoms with Crippen LogP contribution in [0.2, 0.25) is 0 Å². The molecule has 1 saturated heterocycles. The summed E-state index contributed by atoms with van der Waals surface area (Å²) in [7, 11) is 0. The van der Waals surface area contributed by atoms with Crippen LogP contribution in [0.5, 0.6) is 0 Å². The van der Waals surface area contributed by atoms with Crippen LogP contribution in [0.3, 0.4) is 0 Å². The van der Waals surface area contributed by atoms with Crippen LogP contribution in [0.4, 0.5) is 0 Å². The first-order chi connectivity index (χ1) is 8.20. The minimum Gasteiger partial charge on any atom is -0.392 e. The number of hydrogen-bond acceptors (Lipinski definition) is 4. The van der Waals surface area contributed by atoms with Crippen molar-refractivity contribution in [3.05, 3.63) is 20.8 Å². The third kappa shape index (κ3) is 3.90. The van der Waals surface area contributed by atoms with E-state index in [9.17, 15) is 5.11 Å². The monoisotopic (exact) mass is 352 g/mol. The zero-order valence-electron chi connectivity index (χ0n) is 9.77. The lowest BCUT2D eigenvalue weighted by molar-refractivity contribution is 0.170. The lowest BCUT2D eigenvalue weighted by Gasteiger charge is -2.33. The van der Waals surface area contributed by atoms with E-state index in [1.54, 1.807) is 11.3 Å². The molecule has 0 aliphatic carbocycles. The summed E-state index contributed by atoms with van der Waals surface area (Å²) in [6.07, 6.45) is 1.75. The zero-order chi connectivity index (χ0) is 12.3. The summed E-state index contributed by atoms with van der Waals surface area (Å²) in [6.45, 7) is 2.23. The maximum Gasteiger partial charge on any atom is 0.0717 e. The summed E-state index contributed by atoms with van der Waals surface area (Å²) in [5.41, 5.74) is 0. The highest BCUT2D eigenvalue weighted by atomic mass is 79.9. The van der Waals surface area contributed by atoms with Gasteiger partial charge in [-0.1, -0.05) is 6.92 Å². The fraction of sp³-hybridized carbons (Fsp3) is 0.667. The van der Waals surface area contributed by atoms with Crippen LogP contribution >= 0.6 is 50.8 Å². The standard InChI is InChI=1S/C12H17BrOS3/c1-2-10-12(16-6-5-15-10)9(14)7-8-3-4-11(13)17-8/h3-4,9-10,12,14H,2,5-7H2,1H3. The highest BCUT2D eigenvalue weighted by Gasteiger charge is 2.31. The maximum absolute atomic E-state index is 10.4. The topological polar surface area (TPSA) is 20.2 Å². The molecule has 1 fully saturated rings. The summed E-state index contributed by atoms with van der Waals surface area (Å²) in [5.74, 6) is 2.41. The molecule has 1 aliphatic rings. The summed E-state index contributed by atoms with van der Waals surface area (Å²) < 4.78 is 1.15. The van der Waals surface area contributed by atoms with Gasteiger partial charge in [0.15, 0.2) is 0 Å². The Labute approximate surface area is 124 Å². The fourth-order valence-corrected chi connectivity index (χ4v) is 6.76. The van der Waals surface area contributed by atoms with Gasteiger partial charge in [0.05, 0.1) is 9.89 Å². The lowest BCUT2D eigenvalue weighted by Crippen LogP contribution is -2.37. The number of hydrogen-bond donors (Lipinski definition) is 1. The molecule has 1 N–H and O–H groups in total. The molecule has 1 nitrogen and oxygen atoms in total. The first kappa shape index (κ1) is 14.3. The number of rotatable bonds is 4. The molecule has 0 bridgehead atoms. The number of aliphatic hydroxyl groups excluding tert-OH is 1. The van der Waals surface area contributed by atoms with E-state index in [2.05, 4.69) is 35.0 Å². The highest BCUT2D eigenvalue weighted by molar-refractivity contribution is 9.11. The van der Waals surface area contributed by atoms with Crippen molar-refractivity contribution >= 4 is 50.8 Å². The van der Waals surface area contributed by atoms with Crippen LogP contribution < -0.4 is 0 Å². The number of thiophene rings is 1. The zero-order valence-corrected chi connectivity index (χ0v) is 13.8. The quantitative estimate of drug-likeness (QED) is 0.882. The predicted octanol–water partition coefficient (Wildman–Crippen LogP) is 4.04. The van der Waals surface area contributed by atoms with Crippen LogP contribution in [0.15, 0.2) is 15.9 Å². The molecule has 2 heterocycles. The van der Waals surface area contributed by atoms with Crippen molar-refractivity contribution in [3.8, 4) is 0 Å². The van der Waals surface area contributed by atoms with Gasteiger partial charge in [0, 0.05) is 33.3 Å². The Balaban J connectivity index is 1.95. The second kappa shape index (κ2) is 6.85. The molecule has 0 spiro atoms. The first-order valence-electron chi connectivity index (χ1n) is 5.86. The van der Waals surface area contributed by atoms with Gasteiger partial charge in [-0.25, -0.2) is 0 Å². The van der Waals surface area contributed by atoms with Crippen molar-refractivity contribution in [1.29, 1.82) is 0 Å².